The fourth-order valence-electron chi connectivity index (χ4n) is 3.92. The molecule has 1 aliphatic heterocycles. The van der Waals surface area contributed by atoms with E-state index in [0.29, 0.717) is 0 Å². The predicted molar refractivity (Wildman–Crippen MR) is 130 cm³/mol. The standard InChI is InChI=1S/C24H39N7/c1-3-25-24(27-12-7-15-31-16-8-13-28-31)26-11-4-5-14-29-17-19-30(20-18-29)23-10-6-9-22(2)21-23/h6,8-10,13,16,21H,3-5,7,11-12,14-15,17-20H2,1-2H3,(H2,25,26,27). The van der Waals surface area contributed by atoms with Crippen molar-refractivity contribution in [3.05, 3.63) is 48.3 Å². The maximum Gasteiger partial charge on any atom is 0.191 e. The molecule has 170 valence electrons. The van der Waals surface area contributed by atoms with Gasteiger partial charge in [0.25, 0.3) is 0 Å². The van der Waals surface area contributed by atoms with Gasteiger partial charge in [0.2, 0.25) is 0 Å². The third-order valence-electron chi connectivity index (χ3n) is 5.65. The zero-order chi connectivity index (χ0) is 21.7. The minimum atomic E-state index is 0.806. The first-order chi connectivity index (χ1) is 15.2. The van der Waals surface area contributed by atoms with Gasteiger partial charge in [-0.25, -0.2) is 0 Å². The Labute approximate surface area is 187 Å². The average molecular weight is 426 g/mol. The van der Waals surface area contributed by atoms with E-state index in [1.54, 1.807) is 0 Å². The van der Waals surface area contributed by atoms with E-state index in [0.717, 1.165) is 71.2 Å². The number of rotatable bonds is 11. The molecule has 2 N–H and O–H groups in total. The summed E-state index contributed by atoms with van der Waals surface area (Å²) in [5.41, 5.74) is 2.70. The van der Waals surface area contributed by atoms with Gasteiger partial charge in [0.1, 0.15) is 0 Å². The molecule has 0 amide bonds. The van der Waals surface area contributed by atoms with Gasteiger partial charge in [-0.1, -0.05) is 12.1 Å². The van der Waals surface area contributed by atoms with Gasteiger partial charge >= 0.3 is 0 Å². The molecule has 7 heteroatoms. The van der Waals surface area contributed by atoms with Crippen molar-refractivity contribution in [2.75, 3.05) is 57.3 Å². The molecular weight excluding hydrogens is 386 g/mol. The molecule has 0 bridgehead atoms. The van der Waals surface area contributed by atoms with Gasteiger partial charge in [-0.05, 0) is 63.4 Å². The lowest BCUT2D eigenvalue weighted by atomic mass is 10.2. The number of aliphatic imine (C=N–C) groups is 1. The molecule has 0 unspecified atom stereocenters. The molecule has 0 spiro atoms. The Bertz CT molecular complexity index is 764. The Morgan fingerprint density at radius 3 is 2.65 bits per heavy atom. The highest BCUT2D eigenvalue weighted by Crippen LogP contribution is 2.17. The maximum absolute atomic E-state index is 4.68. The number of nitrogens with one attached hydrogen (secondary N) is 2. The monoisotopic (exact) mass is 425 g/mol. The van der Waals surface area contributed by atoms with Crippen molar-refractivity contribution in [1.82, 2.24) is 25.3 Å². The Hall–Kier alpha value is -2.54. The minimum absolute atomic E-state index is 0.806. The van der Waals surface area contributed by atoms with Crippen LogP contribution in [-0.4, -0.2) is 73.0 Å². The van der Waals surface area contributed by atoms with Crippen molar-refractivity contribution < 1.29 is 0 Å². The molecule has 2 heterocycles. The normalized spacial score (nSPS) is 15.3. The van der Waals surface area contributed by atoms with E-state index in [1.165, 1.54) is 24.2 Å². The summed E-state index contributed by atoms with van der Waals surface area (Å²) in [6.07, 6.45) is 7.19. The first-order valence-electron chi connectivity index (χ1n) is 11.8. The topological polar surface area (TPSA) is 60.7 Å². The van der Waals surface area contributed by atoms with Crippen molar-refractivity contribution in [3.63, 3.8) is 0 Å². The summed E-state index contributed by atoms with van der Waals surface area (Å²) in [5.74, 6) is 0.926. The lowest BCUT2D eigenvalue weighted by Gasteiger charge is -2.36. The molecule has 0 atom stereocenters. The number of benzene rings is 1. The zero-order valence-corrected chi connectivity index (χ0v) is 19.3. The van der Waals surface area contributed by atoms with Crippen molar-refractivity contribution in [3.8, 4) is 0 Å². The summed E-state index contributed by atoms with van der Waals surface area (Å²) < 4.78 is 1.95. The van der Waals surface area contributed by atoms with E-state index in [2.05, 4.69) is 68.6 Å². The summed E-state index contributed by atoms with van der Waals surface area (Å²) in [6.45, 7) is 13.6. The highest BCUT2D eigenvalue weighted by molar-refractivity contribution is 5.79. The molecule has 0 aliphatic carbocycles. The van der Waals surface area contributed by atoms with Crippen molar-refractivity contribution in [2.24, 2.45) is 4.99 Å². The lowest BCUT2D eigenvalue weighted by Crippen LogP contribution is -2.46. The molecule has 1 aliphatic rings. The molecule has 1 fully saturated rings. The fourth-order valence-corrected chi connectivity index (χ4v) is 3.92. The number of guanidine groups is 1. The van der Waals surface area contributed by atoms with Gasteiger partial charge in [-0.2, -0.15) is 5.10 Å². The summed E-state index contributed by atoms with van der Waals surface area (Å²) in [4.78, 5) is 9.79. The van der Waals surface area contributed by atoms with E-state index in [9.17, 15) is 0 Å². The van der Waals surface area contributed by atoms with E-state index >= 15 is 0 Å². The number of anilines is 1. The quantitative estimate of drug-likeness (QED) is 0.329. The Morgan fingerprint density at radius 1 is 1.03 bits per heavy atom. The molecule has 0 radical (unpaired) electrons. The number of hydrogen-bond acceptors (Lipinski definition) is 4. The molecule has 3 rings (SSSR count). The van der Waals surface area contributed by atoms with Gasteiger partial charge < -0.3 is 15.5 Å². The van der Waals surface area contributed by atoms with Gasteiger partial charge in [0, 0.05) is 70.4 Å². The largest absolute Gasteiger partial charge is 0.369 e. The molecular formula is C24H39N7. The van der Waals surface area contributed by atoms with Crippen molar-refractivity contribution in [1.29, 1.82) is 0 Å². The summed E-state index contributed by atoms with van der Waals surface area (Å²) in [5, 5.41) is 11.0. The first kappa shape index (κ1) is 23.1. The second-order valence-electron chi connectivity index (χ2n) is 8.18. The van der Waals surface area contributed by atoms with Gasteiger partial charge in [0.15, 0.2) is 5.96 Å². The SMILES string of the molecule is CCNC(=NCCCn1cccn1)NCCCCN1CCN(c2cccc(C)c2)CC1. The number of nitrogens with zero attached hydrogens (tertiary/aromatic N) is 5. The van der Waals surface area contributed by atoms with E-state index in [-0.39, 0.29) is 0 Å². The van der Waals surface area contributed by atoms with Crippen LogP contribution in [0.2, 0.25) is 0 Å². The number of unbranched alkanes of at least 4 members (excludes halogenated alkanes) is 1. The number of hydrogen-bond donors (Lipinski definition) is 2. The minimum Gasteiger partial charge on any atom is -0.369 e. The Balaban J connectivity index is 1.27. The fraction of sp³-hybridized carbons (Fsp3) is 0.583. The number of piperazine rings is 1. The van der Waals surface area contributed by atoms with Gasteiger partial charge in [0.05, 0.1) is 0 Å². The smallest absolute Gasteiger partial charge is 0.191 e. The van der Waals surface area contributed by atoms with Crippen LogP contribution < -0.4 is 15.5 Å². The maximum atomic E-state index is 4.68. The van der Waals surface area contributed by atoms with Gasteiger partial charge in [-0.15, -0.1) is 0 Å². The van der Waals surface area contributed by atoms with Crippen LogP contribution in [0.3, 0.4) is 0 Å². The van der Waals surface area contributed by atoms with Crippen LogP contribution in [0, 0.1) is 6.92 Å². The third-order valence-corrected chi connectivity index (χ3v) is 5.65. The van der Waals surface area contributed by atoms with Gasteiger partial charge in [-0.3, -0.25) is 14.6 Å². The first-order valence-corrected chi connectivity index (χ1v) is 11.8. The molecule has 31 heavy (non-hydrogen) atoms. The van der Waals surface area contributed by atoms with Crippen LogP contribution in [-0.2, 0) is 6.54 Å². The Morgan fingerprint density at radius 2 is 1.90 bits per heavy atom. The molecule has 0 saturated carbocycles. The second kappa shape index (κ2) is 13.0. The van der Waals surface area contributed by atoms with Crippen LogP contribution in [0.25, 0.3) is 0 Å². The molecule has 7 nitrogen and oxygen atoms in total. The van der Waals surface area contributed by atoms with Crippen LogP contribution in [0.1, 0.15) is 31.7 Å². The summed E-state index contributed by atoms with van der Waals surface area (Å²) in [6, 6.07) is 10.8. The molecule has 1 saturated heterocycles. The number of aromatic nitrogens is 2. The van der Waals surface area contributed by atoms with Crippen LogP contribution >= 0.6 is 0 Å². The van der Waals surface area contributed by atoms with Crippen LogP contribution in [0.4, 0.5) is 5.69 Å². The van der Waals surface area contributed by atoms with E-state index < -0.39 is 0 Å². The average Bonchev–Trinajstić information content (AvgIpc) is 3.30. The van der Waals surface area contributed by atoms with Crippen molar-refractivity contribution in [2.45, 2.75) is 39.7 Å². The van der Waals surface area contributed by atoms with Crippen LogP contribution in [0.15, 0.2) is 47.7 Å². The lowest BCUT2D eigenvalue weighted by molar-refractivity contribution is 0.253. The highest BCUT2D eigenvalue weighted by atomic mass is 15.3. The van der Waals surface area contributed by atoms with E-state index in [1.807, 2.05) is 23.1 Å². The zero-order valence-electron chi connectivity index (χ0n) is 19.3. The predicted octanol–water partition coefficient (Wildman–Crippen LogP) is 2.74. The second-order valence-corrected chi connectivity index (χ2v) is 8.18. The molecule has 1 aromatic heterocycles. The van der Waals surface area contributed by atoms with Crippen LogP contribution in [0.5, 0.6) is 0 Å². The van der Waals surface area contributed by atoms with E-state index in [4.69, 9.17) is 0 Å². The summed E-state index contributed by atoms with van der Waals surface area (Å²) in [7, 11) is 0. The molecule has 2 aromatic rings. The molecule has 1 aromatic carbocycles. The third kappa shape index (κ3) is 8.25. The summed E-state index contributed by atoms with van der Waals surface area (Å²) >= 11 is 0. The highest BCUT2D eigenvalue weighted by Gasteiger charge is 2.16. The van der Waals surface area contributed by atoms with Crippen molar-refractivity contribution >= 4 is 11.6 Å². The number of aryl methyl sites for hydroxylation is 2. The Kier molecular flexibility index (Phi) is 9.70.